The summed E-state index contributed by atoms with van der Waals surface area (Å²) in [5, 5.41) is 7.46. The SMILES string of the molecule is CCCn1cc(OC(C)CNCC)cn1. The predicted molar refractivity (Wildman–Crippen MR) is 61.2 cm³/mol. The molecule has 0 radical (unpaired) electrons. The van der Waals surface area contributed by atoms with E-state index in [2.05, 4.69) is 31.2 Å². The van der Waals surface area contributed by atoms with Gasteiger partial charge in [0.05, 0.1) is 12.4 Å². The van der Waals surface area contributed by atoms with Crippen molar-refractivity contribution in [1.82, 2.24) is 15.1 Å². The van der Waals surface area contributed by atoms with E-state index in [4.69, 9.17) is 4.74 Å². The number of ether oxygens (including phenoxy) is 1. The van der Waals surface area contributed by atoms with Gasteiger partial charge in [0.1, 0.15) is 6.10 Å². The lowest BCUT2D eigenvalue weighted by Crippen LogP contribution is -2.28. The van der Waals surface area contributed by atoms with Gasteiger partial charge >= 0.3 is 0 Å². The summed E-state index contributed by atoms with van der Waals surface area (Å²) in [5.41, 5.74) is 0. The van der Waals surface area contributed by atoms with Crippen LogP contribution in [-0.4, -0.2) is 29.0 Å². The molecule has 1 aromatic heterocycles. The average molecular weight is 211 g/mol. The number of aryl methyl sites for hydroxylation is 1. The van der Waals surface area contributed by atoms with Crippen LogP contribution >= 0.6 is 0 Å². The summed E-state index contributed by atoms with van der Waals surface area (Å²) in [6.07, 6.45) is 5.00. The number of nitrogens with zero attached hydrogens (tertiary/aromatic N) is 2. The minimum atomic E-state index is 0.184. The first kappa shape index (κ1) is 12.0. The number of hydrogen-bond donors (Lipinski definition) is 1. The van der Waals surface area contributed by atoms with Crippen molar-refractivity contribution in [3.05, 3.63) is 12.4 Å². The fourth-order valence-corrected chi connectivity index (χ4v) is 1.38. The zero-order chi connectivity index (χ0) is 11.1. The third kappa shape index (κ3) is 4.34. The van der Waals surface area contributed by atoms with Crippen molar-refractivity contribution in [3.8, 4) is 5.75 Å². The Hall–Kier alpha value is -1.03. The topological polar surface area (TPSA) is 39.1 Å². The molecule has 0 aliphatic carbocycles. The number of hydrogen-bond acceptors (Lipinski definition) is 3. The van der Waals surface area contributed by atoms with E-state index in [0.717, 1.165) is 31.8 Å². The Morgan fingerprint density at radius 2 is 2.33 bits per heavy atom. The Balaban J connectivity index is 2.35. The summed E-state index contributed by atoms with van der Waals surface area (Å²) in [4.78, 5) is 0. The van der Waals surface area contributed by atoms with E-state index in [1.54, 1.807) is 6.20 Å². The van der Waals surface area contributed by atoms with Crippen molar-refractivity contribution in [2.45, 2.75) is 39.8 Å². The van der Waals surface area contributed by atoms with Gasteiger partial charge in [-0.1, -0.05) is 13.8 Å². The molecule has 0 fully saturated rings. The van der Waals surface area contributed by atoms with Crippen LogP contribution in [-0.2, 0) is 6.54 Å². The highest BCUT2D eigenvalue weighted by molar-refractivity contribution is 5.12. The molecule has 0 aliphatic heterocycles. The second kappa shape index (κ2) is 6.45. The van der Waals surface area contributed by atoms with Crippen molar-refractivity contribution in [3.63, 3.8) is 0 Å². The lowest BCUT2D eigenvalue weighted by molar-refractivity contribution is 0.218. The minimum Gasteiger partial charge on any atom is -0.486 e. The van der Waals surface area contributed by atoms with Crippen LogP contribution in [0.25, 0.3) is 0 Å². The highest BCUT2D eigenvalue weighted by Gasteiger charge is 2.04. The van der Waals surface area contributed by atoms with E-state index in [1.807, 2.05) is 10.9 Å². The molecule has 1 unspecified atom stereocenters. The maximum absolute atomic E-state index is 5.70. The molecule has 1 aromatic rings. The molecule has 0 aromatic carbocycles. The van der Waals surface area contributed by atoms with Gasteiger partial charge in [0.25, 0.3) is 0 Å². The summed E-state index contributed by atoms with van der Waals surface area (Å²) in [6, 6.07) is 0. The maximum Gasteiger partial charge on any atom is 0.157 e. The van der Waals surface area contributed by atoms with Crippen molar-refractivity contribution in [2.24, 2.45) is 0 Å². The van der Waals surface area contributed by atoms with E-state index in [9.17, 15) is 0 Å². The summed E-state index contributed by atoms with van der Waals surface area (Å²) >= 11 is 0. The Labute approximate surface area is 91.6 Å². The van der Waals surface area contributed by atoms with Crippen molar-refractivity contribution in [1.29, 1.82) is 0 Å². The van der Waals surface area contributed by atoms with Crippen LogP contribution in [0.3, 0.4) is 0 Å². The molecule has 0 saturated carbocycles. The van der Waals surface area contributed by atoms with Gasteiger partial charge in [-0.15, -0.1) is 0 Å². The molecule has 4 heteroatoms. The highest BCUT2D eigenvalue weighted by atomic mass is 16.5. The van der Waals surface area contributed by atoms with Crippen molar-refractivity contribution < 1.29 is 4.74 Å². The summed E-state index contributed by atoms with van der Waals surface area (Å²) < 4.78 is 7.61. The standard InChI is InChI=1S/C11H21N3O/c1-4-6-14-9-11(8-13-14)15-10(3)7-12-5-2/h8-10,12H,4-7H2,1-3H3. The lowest BCUT2D eigenvalue weighted by Gasteiger charge is -2.12. The van der Waals surface area contributed by atoms with Gasteiger partial charge in [-0.2, -0.15) is 5.10 Å². The zero-order valence-corrected chi connectivity index (χ0v) is 9.86. The van der Waals surface area contributed by atoms with Gasteiger partial charge in [0.2, 0.25) is 0 Å². The first-order chi connectivity index (χ1) is 7.26. The van der Waals surface area contributed by atoms with Crippen LogP contribution < -0.4 is 10.1 Å². The Bertz CT molecular complexity index is 273. The molecule has 0 aliphatic rings. The second-order valence-electron chi connectivity index (χ2n) is 3.68. The quantitative estimate of drug-likeness (QED) is 0.745. The molecule has 1 rings (SSSR count). The zero-order valence-electron chi connectivity index (χ0n) is 9.86. The lowest BCUT2D eigenvalue weighted by atomic mass is 10.4. The van der Waals surface area contributed by atoms with Gasteiger partial charge in [0, 0.05) is 13.1 Å². The van der Waals surface area contributed by atoms with E-state index < -0.39 is 0 Å². The highest BCUT2D eigenvalue weighted by Crippen LogP contribution is 2.10. The third-order valence-corrected chi connectivity index (χ3v) is 2.08. The fraction of sp³-hybridized carbons (Fsp3) is 0.727. The van der Waals surface area contributed by atoms with Crippen LogP contribution in [0.4, 0.5) is 0 Å². The first-order valence-corrected chi connectivity index (χ1v) is 5.66. The molecule has 1 atom stereocenters. The number of likely N-dealkylation sites (N-methyl/N-ethyl adjacent to an activating group) is 1. The van der Waals surface area contributed by atoms with E-state index in [0.29, 0.717) is 0 Å². The van der Waals surface area contributed by atoms with Crippen LogP contribution in [0.15, 0.2) is 12.4 Å². The molecule has 86 valence electrons. The van der Waals surface area contributed by atoms with E-state index in [-0.39, 0.29) is 6.10 Å². The molecule has 1 heterocycles. The summed E-state index contributed by atoms with van der Waals surface area (Å²) in [5.74, 6) is 0.855. The monoisotopic (exact) mass is 211 g/mol. The van der Waals surface area contributed by atoms with Gasteiger partial charge in [-0.05, 0) is 19.9 Å². The minimum absolute atomic E-state index is 0.184. The molecular formula is C11H21N3O. The number of nitrogens with one attached hydrogen (secondary N) is 1. The normalized spacial score (nSPS) is 12.7. The van der Waals surface area contributed by atoms with Gasteiger partial charge in [-0.25, -0.2) is 0 Å². The van der Waals surface area contributed by atoms with Crippen molar-refractivity contribution in [2.75, 3.05) is 13.1 Å². The Kier molecular flexibility index (Phi) is 5.18. The Morgan fingerprint density at radius 1 is 1.53 bits per heavy atom. The molecule has 0 saturated heterocycles. The van der Waals surface area contributed by atoms with E-state index in [1.165, 1.54) is 0 Å². The van der Waals surface area contributed by atoms with Crippen molar-refractivity contribution >= 4 is 0 Å². The molecule has 0 amide bonds. The summed E-state index contributed by atoms with van der Waals surface area (Å²) in [7, 11) is 0. The Morgan fingerprint density at radius 3 is 3.00 bits per heavy atom. The van der Waals surface area contributed by atoms with Crippen LogP contribution in [0.1, 0.15) is 27.2 Å². The van der Waals surface area contributed by atoms with Crippen LogP contribution in [0.5, 0.6) is 5.75 Å². The van der Waals surface area contributed by atoms with Crippen LogP contribution in [0.2, 0.25) is 0 Å². The van der Waals surface area contributed by atoms with Crippen LogP contribution in [0, 0.1) is 0 Å². The molecule has 15 heavy (non-hydrogen) atoms. The molecule has 0 spiro atoms. The van der Waals surface area contributed by atoms with Gasteiger partial charge < -0.3 is 10.1 Å². The molecular weight excluding hydrogens is 190 g/mol. The largest absolute Gasteiger partial charge is 0.486 e. The van der Waals surface area contributed by atoms with Gasteiger partial charge in [0.15, 0.2) is 5.75 Å². The fourth-order valence-electron chi connectivity index (χ4n) is 1.38. The maximum atomic E-state index is 5.70. The number of rotatable bonds is 7. The predicted octanol–water partition coefficient (Wildman–Crippen LogP) is 1.67. The average Bonchev–Trinajstić information content (AvgIpc) is 2.63. The molecule has 1 N–H and O–H groups in total. The molecule has 0 bridgehead atoms. The smallest absolute Gasteiger partial charge is 0.157 e. The molecule has 4 nitrogen and oxygen atoms in total. The number of aromatic nitrogens is 2. The summed E-state index contributed by atoms with van der Waals surface area (Å²) in [6.45, 7) is 9.07. The van der Waals surface area contributed by atoms with E-state index >= 15 is 0 Å². The third-order valence-electron chi connectivity index (χ3n) is 2.08. The second-order valence-corrected chi connectivity index (χ2v) is 3.68. The first-order valence-electron chi connectivity index (χ1n) is 5.66. The van der Waals surface area contributed by atoms with Gasteiger partial charge in [-0.3, -0.25) is 4.68 Å².